The van der Waals surface area contributed by atoms with Gasteiger partial charge in [-0.05, 0) is 43.9 Å². The minimum atomic E-state index is -0.510. The Morgan fingerprint density at radius 3 is 2.65 bits per heavy atom. The van der Waals surface area contributed by atoms with Gasteiger partial charge in [-0.25, -0.2) is 0 Å². The van der Waals surface area contributed by atoms with E-state index in [1.54, 1.807) is 0 Å². The molecule has 92 valence electrons. The smallest absolute Gasteiger partial charge is 0.234 e. The number of nitrogens with one attached hydrogen (secondary N) is 1. The van der Waals surface area contributed by atoms with Crippen LogP contribution >= 0.6 is 0 Å². The fourth-order valence-electron chi connectivity index (χ4n) is 2.29. The van der Waals surface area contributed by atoms with Crippen LogP contribution in [0.5, 0.6) is 0 Å². The molecule has 0 radical (unpaired) electrons. The van der Waals surface area contributed by atoms with Crippen LogP contribution in [0.15, 0.2) is 12.1 Å². The molecule has 1 aromatic rings. The Kier molecular flexibility index (Phi) is 2.74. The molecule has 17 heavy (non-hydrogen) atoms. The molecule has 0 fully saturated rings. The Balaban J connectivity index is 2.59. The van der Waals surface area contributed by atoms with Gasteiger partial charge in [0.2, 0.25) is 5.91 Å². The summed E-state index contributed by atoms with van der Waals surface area (Å²) in [5, 5.41) is 12.8. The molecule has 0 bridgehead atoms. The van der Waals surface area contributed by atoms with Gasteiger partial charge in [-0.1, -0.05) is 19.1 Å². The molecule has 1 aliphatic heterocycles. The second kappa shape index (κ2) is 3.84. The number of anilines is 1. The van der Waals surface area contributed by atoms with Crippen LogP contribution in [0.25, 0.3) is 0 Å². The second-order valence-corrected chi connectivity index (χ2v) is 5.26. The van der Waals surface area contributed by atoms with Crippen LogP contribution in [0.4, 0.5) is 5.69 Å². The highest BCUT2D eigenvalue weighted by Crippen LogP contribution is 2.41. The van der Waals surface area contributed by atoms with E-state index in [1.165, 1.54) is 0 Å². The van der Waals surface area contributed by atoms with Crippen molar-refractivity contribution in [2.24, 2.45) is 0 Å². The minimum Gasteiger partial charge on any atom is -0.388 e. The summed E-state index contributed by atoms with van der Waals surface area (Å²) in [4.78, 5) is 11.9. The van der Waals surface area contributed by atoms with Crippen molar-refractivity contribution in [1.82, 2.24) is 0 Å². The van der Waals surface area contributed by atoms with Crippen LogP contribution in [0, 0.1) is 6.92 Å². The summed E-state index contributed by atoms with van der Waals surface area (Å²) in [6, 6.07) is 3.91. The first-order valence-corrected chi connectivity index (χ1v) is 6.02. The molecule has 1 aliphatic rings. The number of aliphatic hydroxyl groups is 1. The van der Waals surface area contributed by atoms with Gasteiger partial charge in [0, 0.05) is 5.69 Å². The van der Waals surface area contributed by atoms with E-state index in [0.717, 1.165) is 22.4 Å². The summed E-state index contributed by atoms with van der Waals surface area (Å²) in [6.07, 6.45) is 0.227. The van der Waals surface area contributed by atoms with E-state index >= 15 is 0 Å². The molecule has 3 nitrogen and oxygen atoms in total. The van der Waals surface area contributed by atoms with Crippen LogP contribution in [0.1, 0.15) is 50.0 Å². The zero-order chi connectivity index (χ0) is 12.8. The number of aliphatic hydroxyl groups excluding tert-OH is 1. The molecule has 0 aromatic heterocycles. The first-order valence-electron chi connectivity index (χ1n) is 6.02. The van der Waals surface area contributed by atoms with Gasteiger partial charge in [0.1, 0.15) is 0 Å². The molecule has 0 saturated carbocycles. The predicted molar refractivity (Wildman–Crippen MR) is 68.1 cm³/mol. The maximum Gasteiger partial charge on any atom is 0.234 e. The Morgan fingerprint density at radius 2 is 2.06 bits per heavy atom. The first-order chi connectivity index (χ1) is 7.87. The molecule has 2 rings (SSSR count). The average molecular weight is 233 g/mol. The van der Waals surface area contributed by atoms with E-state index in [-0.39, 0.29) is 5.91 Å². The van der Waals surface area contributed by atoms with Gasteiger partial charge in [-0.15, -0.1) is 0 Å². The molecular weight excluding hydrogens is 214 g/mol. The SMILES string of the molecule is CCC(O)c1cc(C)c2c(c1)C(C)(C)C(=O)N2. The average Bonchev–Trinajstić information content (AvgIpc) is 2.51. The highest BCUT2D eigenvalue weighted by atomic mass is 16.3. The van der Waals surface area contributed by atoms with Crippen LogP contribution in [0.3, 0.4) is 0 Å². The monoisotopic (exact) mass is 233 g/mol. The number of carbonyl (C=O) groups excluding carboxylic acids is 1. The molecular formula is C14H19NO2. The summed E-state index contributed by atoms with van der Waals surface area (Å²) in [6.45, 7) is 7.74. The number of benzene rings is 1. The van der Waals surface area contributed by atoms with Crippen molar-refractivity contribution >= 4 is 11.6 Å². The lowest BCUT2D eigenvalue weighted by molar-refractivity contribution is -0.119. The fourth-order valence-corrected chi connectivity index (χ4v) is 2.29. The third kappa shape index (κ3) is 1.75. The Morgan fingerprint density at radius 1 is 1.41 bits per heavy atom. The molecule has 1 unspecified atom stereocenters. The lowest BCUT2D eigenvalue weighted by Gasteiger charge is -2.18. The summed E-state index contributed by atoms with van der Waals surface area (Å²) in [5.74, 6) is 0.0266. The number of aryl methyl sites for hydroxylation is 1. The Labute approximate surface area is 102 Å². The maximum atomic E-state index is 11.9. The minimum absolute atomic E-state index is 0.0266. The van der Waals surface area contributed by atoms with Crippen LogP contribution in [-0.4, -0.2) is 11.0 Å². The van der Waals surface area contributed by atoms with Crippen molar-refractivity contribution in [2.45, 2.75) is 45.6 Å². The van der Waals surface area contributed by atoms with Gasteiger partial charge in [0.25, 0.3) is 0 Å². The third-order valence-corrected chi connectivity index (χ3v) is 3.61. The lowest BCUT2D eigenvalue weighted by atomic mass is 9.84. The highest BCUT2D eigenvalue weighted by Gasteiger charge is 2.39. The van der Waals surface area contributed by atoms with Crippen molar-refractivity contribution in [3.05, 3.63) is 28.8 Å². The number of hydrogen-bond donors (Lipinski definition) is 2. The van der Waals surface area contributed by atoms with Gasteiger partial charge in [-0.3, -0.25) is 4.79 Å². The molecule has 0 saturated heterocycles. The first kappa shape index (κ1) is 12.1. The highest BCUT2D eigenvalue weighted by molar-refractivity contribution is 6.06. The number of carbonyl (C=O) groups is 1. The van der Waals surface area contributed by atoms with Crippen molar-refractivity contribution in [3.63, 3.8) is 0 Å². The molecule has 0 spiro atoms. The number of fused-ring (bicyclic) bond motifs is 1. The zero-order valence-electron chi connectivity index (χ0n) is 10.8. The van der Waals surface area contributed by atoms with E-state index < -0.39 is 11.5 Å². The molecule has 2 N–H and O–H groups in total. The molecule has 1 heterocycles. The van der Waals surface area contributed by atoms with E-state index in [1.807, 2.05) is 39.8 Å². The summed E-state index contributed by atoms with van der Waals surface area (Å²) >= 11 is 0. The van der Waals surface area contributed by atoms with Crippen molar-refractivity contribution in [2.75, 3.05) is 5.32 Å². The molecule has 1 aromatic carbocycles. The number of amides is 1. The lowest BCUT2D eigenvalue weighted by Crippen LogP contribution is -2.26. The zero-order valence-corrected chi connectivity index (χ0v) is 10.8. The summed E-state index contributed by atoms with van der Waals surface area (Å²) in [7, 11) is 0. The largest absolute Gasteiger partial charge is 0.388 e. The Hall–Kier alpha value is -1.35. The normalized spacial score (nSPS) is 18.8. The van der Waals surface area contributed by atoms with Crippen LogP contribution < -0.4 is 5.32 Å². The quantitative estimate of drug-likeness (QED) is 0.825. The predicted octanol–water partition coefficient (Wildman–Crippen LogP) is 2.67. The molecule has 3 heteroatoms. The van der Waals surface area contributed by atoms with E-state index in [9.17, 15) is 9.90 Å². The fraction of sp³-hybridized carbons (Fsp3) is 0.500. The van der Waals surface area contributed by atoms with Crippen LogP contribution in [-0.2, 0) is 10.2 Å². The number of hydrogen-bond acceptors (Lipinski definition) is 2. The molecule has 1 amide bonds. The standard InChI is InChI=1S/C14H19NO2/c1-5-11(16)9-6-8(2)12-10(7-9)14(3,4)13(17)15-12/h6-7,11,16H,5H2,1-4H3,(H,15,17). The van der Waals surface area contributed by atoms with Gasteiger partial charge < -0.3 is 10.4 Å². The maximum absolute atomic E-state index is 11.9. The summed E-state index contributed by atoms with van der Waals surface area (Å²) < 4.78 is 0. The van der Waals surface area contributed by atoms with Gasteiger partial charge in [0.05, 0.1) is 11.5 Å². The van der Waals surface area contributed by atoms with Crippen LogP contribution in [0.2, 0.25) is 0 Å². The van der Waals surface area contributed by atoms with Crippen molar-refractivity contribution < 1.29 is 9.90 Å². The third-order valence-electron chi connectivity index (χ3n) is 3.61. The number of rotatable bonds is 2. The van der Waals surface area contributed by atoms with Crippen molar-refractivity contribution in [1.29, 1.82) is 0 Å². The van der Waals surface area contributed by atoms with E-state index in [0.29, 0.717) is 6.42 Å². The van der Waals surface area contributed by atoms with Gasteiger partial charge in [-0.2, -0.15) is 0 Å². The molecule has 0 aliphatic carbocycles. The Bertz CT molecular complexity index is 477. The summed E-state index contributed by atoms with van der Waals surface area (Å²) in [5.41, 5.74) is 3.30. The van der Waals surface area contributed by atoms with Crippen molar-refractivity contribution in [3.8, 4) is 0 Å². The van der Waals surface area contributed by atoms with Gasteiger partial charge >= 0.3 is 0 Å². The topological polar surface area (TPSA) is 49.3 Å². The molecule has 1 atom stereocenters. The van der Waals surface area contributed by atoms with E-state index in [2.05, 4.69) is 5.32 Å². The van der Waals surface area contributed by atoms with Gasteiger partial charge in [0.15, 0.2) is 0 Å². The second-order valence-electron chi connectivity index (χ2n) is 5.26. The van der Waals surface area contributed by atoms with E-state index in [4.69, 9.17) is 0 Å².